The Bertz CT molecular complexity index is 763. The molecule has 1 aromatic carbocycles. The molecule has 4 saturated carbocycles. The molecule has 30 heavy (non-hydrogen) atoms. The molecule has 164 valence electrons. The minimum absolute atomic E-state index is 0.00955. The fraction of sp³-hybridized carbons (Fsp3) is 0.680. The van der Waals surface area contributed by atoms with Gasteiger partial charge >= 0.3 is 0 Å². The van der Waals surface area contributed by atoms with E-state index in [-0.39, 0.29) is 24.4 Å². The molecule has 0 spiro atoms. The molecule has 4 fully saturated rings. The van der Waals surface area contributed by atoms with E-state index in [4.69, 9.17) is 0 Å². The van der Waals surface area contributed by atoms with E-state index in [9.17, 15) is 9.59 Å². The highest BCUT2D eigenvalue weighted by atomic mass is 16.2. The summed E-state index contributed by atoms with van der Waals surface area (Å²) >= 11 is 0. The Morgan fingerprint density at radius 1 is 1.00 bits per heavy atom. The molecule has 0 radical (unpaired) electrons. The van der Waals surface area contributed by atoms with Gasteiger partial charge in [0.1, 0.15) is 0 Å². The lowest BCUT2D eigenvalue weighted by molar-refractivity contribution is -0.126. The molecule has 1 aromatic rings. The van der Waals surface area contributed by atoms with Crippen LogP contribution >= 0.6 is 0 Å². The van der Waals surface area contributed by atoms with Gasteiger partial charge in [-0.15, -0.1) is 0 Å². The van der Waals surface area contributed by atoms with Gasteiger partial charge in [0.15, 0.2) is 0 Å². The van der Waals surface area contributed by atoms with Crippen molar-refractivity contribution >= 4 is 17.5 Å². The first-order chi connectivity index (χ1) is 14.3. The van der Waals surface area contributed by atoms with E-state index >= 15 is 0 Å². The molecular weight excluding hydrogens is 374 g/mol. The van der Waals surface area contributed by atoms with Crippen molar-refractivity contribution in [2.24, 2.45) is 23.2 Å². The number of aryl methyl sites for hydroxylation is 2. The maximum atomic E-state index is 12.6. The van der Waals surface area contributed by atoms with Crippen LogP contribution in [-0.4, -0.2) is 30.4 Å². The second kappa shape index (κ2) is 8.33. The maximum Gasteiger partial charge on any atom is 0.243 e. The Hall–Kier alpha value is -1.88. The normalized spacial score (nSPS) is 31.3. The molecular formula is C25H37N3O2. The van der Waals surface area contributed by atoms with Gasteiger partial charge in [-0.2, -0.15) is 0 Å². The number of hydrogen-bond donors (Lipinski definition) is 3. The van der Waals surface area contributed by atoms with Gasteiger partial charge in [-0.25, -0.2) is 0 Å². The Morgan fingerprint density at radius 2 is 1.53 bits per heavy atom. The van der Waals surface area contributed by atoms with Crippen LogP contribution in [0.1, 0.15) is 63.5 Å². The van der Waals surface area contributed by atoms with Crippen LogP contribution in [0.5, 0.6) is 0 Å². The molecule has 5 rings (SSSR count). The van der Waals surface area contributed by atoms with Crippen LogP contribution in [0.2, 0.25) is 0 Å². The van der Waals surface area contributed by atoms with E-state index in [2.05, 4.69) is 22.9 Å². The smallest absolute Gasteiger partial charge is 0.243 e. The summed E-state index contributed by atoms with van der Waals surface area (Å²) in [6.45, 7) is 8.11. The van der Waals surface area contributed by atoms with Crippen molar-refractivity contribution in [3.63, 3.8) is 0 Å². The first kappa shape index (κ1) is 21.4. The van der Waals surface area contributed by atoms with E-state index < -0.39 is 0 Å². The summed E-state index contributed by atoms with van der Waals surface area (Å²) in [5.74, 6) is 2.40. The Morgan fingerprint density at radius 3 is 2.07 bits per heavy atom. The molecule has 0 heterocycles. The van der Waals surface area contributed by atoms with Crippen molar-refractivity contribution in [2.75, 3.05) is 11.9 Å². The van der Waals surface area contributed by atoms with Gasteiger partial charge in [-0.1, -0.05) is 18.2 Å². The van der Waals surface area contributed by atoms with Gasteiger partial charge in [0.25, 0.3) is 0 Å². The minimum atomic E-state index is -0.305. The Kier molecular flexibility index (Phi) is 5.93. The zero-order valence-electron chi connectivity index (χ0n) is 18.9. The topological polar surface area (TPSA) is 70.2 Å². The predicted octanol–water partition coefficient (Wildman–Crippen LogP) is 3.94. The quantitative estimate of drug-likeness (QED) is 0.636. The summed E-state index contributed by atoms with van der Waals surface area (Å²) in [6.07, 6.45) is 8.24. The number of benzene rings is 1. The van der Waals surface area contributed by atoms with Crippen molar-refractivity contribution in [3.8, 4) is 0 Å². The van der Waals surface area contributed by atoms with Crippen molar-refractivity contribution < 1.29 is 9.59 Å². The van der Waals surface area contributed by atoms with Crippen LogP contribution in [0.3, 0.4) is 0 Å². The number of anilines is 1. The first-order valence-electron chi connectivity index (χ1n) is 11.7. The number of carbonyl (C=O) groups is 2. The van der Waals surface area contributed by atoms with E-state index in [1.165, 1.54) is 38.5 Å². The number of para-hydroxylation sites is 1. The Labute approximate surface area is 180 Å². The van der Waals surface area contributed by atoms with E-state index in [0.717, 1.165) is 34.6 Å². The van der Waals surface area contributed by atoms with Crippen LogP contribution < -0.4 is 16.0 Å². The third-order valence-corrected chi connectivity index (χ3v) is 8.07. The highest BCUT2D eigenvalue weighted by Gasteiger charge is 2.53. The standard InChI is InChI=1S/C25H37N3O2/c1-15-6-5-7-16(2)23(15)28-22(29)14-26-24(30)17(3)27-18(4)25-11-19-8-20(12-25)10-21(9-19)13-25/h5-7,17-21,27H,8-14H2,1-4H3,(H,26,30)(H,28,29)/t17-,18-,19?,20?,21?,25?/m0/s1. The van der Waals surface area contributed by atoms with Crippen LogP contribution in [0.4, 0.5) is 5.69 Å². The molecule has 4 bridgehead atoms. The molecule has 4 aliphatic carbocycles. The SMILES string of the molecule is Cc1cccc(C)c1NC(=O)CNC(=O)[C@H](C)N[C@@H](C)C12CC3CC(CC(C3)C1)C2. The first-order valence-corrected chi connectivity index (χ1v) is 11.7. The molecule has 5 nitrogen and oxygen atoms in total. The van der Waals surface area contributed by atoms with Gasteiger partial charge in [-0.05, 0) is 101 Å². The van der Waals surface area contributed by atoms with Gasteiger partial charge < -0.3 is 16.0 Å². The molecule has 0 aliphatic heterocycles. The van der Waals surface area contributed by atoms with E-state index in [0.29, 0.717) is 11.5 Å². The number of nitrogens with one attached hydrogen (secondary N) is 3. The lowest BCUT2D eigenvalue weighted by atomic mass is 9.48. The monoisotopic (exact) mass is 411 g/mol. The van der Waals surface area contributed by atoms with Crippen molar-refractivity contribution in [1.29, 1.82) is 0 Å². The lowest BCUT2D eigenvalue weighted by Gasteiger charge is -2.59. The van der Waals surface area contributed by atoms with Crippen LogP contribution in [0.25, 0.3) is 0 Å². The fourth-order valence-electron chi connectivity index (χ4n) is 6.85. The second-order valence-electron chi connectivity index (χ2n) is 10.4. The van der Waals surface area contributed by atoms with Gasteiger partial charge in [0, 0.05) is 11.7 Å². The zero-order valence-corrected chi connectivity index (χ0v) is 18.9. The number of amides is 2. The van der Waals surface area contributed by atoms with Gasteiger partial charge in [0.05, 0.1) is 12.6 Å². The molecule has 2 amide bonds. The number of hydrogen-bond acceptors (Lipinski definition) is 3. The molecule has 0 aromatic heterocycles. The van der Waals surface area contributed by atoms with Crippen molar-refractivity contribution in [1.82, 2.24) is 10.6 Å². The summed E-state index contributed by atoms with van der Waals surface area (Å²) in [5, 5.41) is 9.32. The Balaban J connectivity index is 1.27. The molecule has 2 atom stereocenters. The summed E-state index contributed by atoms with van der Waals surface area (Å²) in [6, 6.07) is 5.94. The average Bonchev–Trinajstić information content (AvgIpc) is 2.68. The summed E-state index contributed by atoms with van der Waals surface area (Å²) in [5.41, 5.74) is 3.24. The number of rotatable bonds is 7. The molecule has 3 N–H and O–H groups in total. The van der Waals surface area contributed by atoms with Gasteiger partial charge in [0.2, 0.25) is 11.8 Å². The third kappa shape index (κ3) is 4.27. The van der Waals surface area contributed by atoms with E-state index in [1.54, 1.807) is 0 Å². The fourth-order valence-corrected chi connectivity index (χ4v) is 6.85. The highest BCUT2D eigenvalue weighted by Crippen LogP contribution is 2.61. The summed E-state index contributed by atoms with van der Waals surface area (Å²) < 4.78 is 0. The second-order valence-corrected chi connectivity index (χ2v) is 10.4. The van der Waals surface area contributed by atoms with E-state index in [1.807, 2.05) is 39.0 Å². The lowest BCUT2D eigenvalue weighted by Crippen LogP contribution is -2.58. The molecule has 5 heteroatoms. The van der Waals surface area contributed by atoms with Gasteiger partial charge in [-0.3, -0.25) is 9.59 Å². The summed E-state index contributed by atoms with van der Waals surface area (Å²) in [4.78, 5) is 25.0. The largest absolute Gasteiger partial charge is 0.346 e. The minimum Gasteiger partial charge on any atom is -0.346 e. The van der Waals surface area contributed by atoms with Crippen LogP contribution in [0.15, 0.2) is 18.2 Å². The van der Waals surface area contributed by atoms with Crippen molar-refractivity contribution in [3.05, 3.63) is 29.3 Å². The van der Waals surface area contributed by atoms with Crippen LogP contribution in [-0.2, 0) is 9.59 Å². The zero-order chi connectivity index (χ0) is 21.5. The third-order valence-electron chi connectivity index (χ3n) is 8.07. The maximum absolute atomic E-state index is 12.6. The highest BCUT2D eigenvalue weighted by molar-refractivity contribution is 5.96. The van der Waals surface area contributed by atoms with Crippen molar-refractivity contribution in [2.45, 2.75) is 78.3 Å². The molecule has 0 saturated heterocycles. The summed E-state index contributed by atoms with van der Waals surface area (Å²) in [7, 11) is 0. The molecule has 0 unspecified atom stereocenters. The average molecular weight is 412 g/mol. The molecule has 4 aliphatic rings. The number of carbonyl (C=O) groups excluding carboxylic acids is 2. The predicted molar refractivity (Wildman–Crippen MR) is 120 cm³/mol. The van der Waals surface area contributed by atoms with Crippen LogP contribution in [0, 0.1) is 37.0 Å².